The Kier molecular flexibility index (Phi) is 9.00. The molecule has 1 aliphatic carbocycles. The van der Waals surface area contributed by atoms with Gasteiger partial charge in [-0.15, -0.1) is 0 Å². The van der Waals surface area contributed by atoms with Crippen molar-refractivity contribution in [2.75, 3.05) is 33.9 Å². The van der Waals surface area contributed by atoms with E-state index >= 15 is 0 Å². The van der Waals surface area contributed by atoms with Crippen LogP contribution in [0.15, 0.2) is 18.2 Å². The molecule has 0 aromatic heterocycles. The predicted octanol–water partition coefficient (Wildman–Crippen LogP) is 3.54. The number of ether oxygens (including phenoxy) is 2. The standard InChI is InChI=1S/C20H34N2O2/c1-23-19-10-11-20(24-2)17(16-19)12-13-21-14-15-22-18-8-6-4-3-5-7-9-18/h10-11,16,18,21-22H,3-9,12-15H2,1-2H3. The highest BCUT2D eigenvalue weighted by Gasteiger charge is 2.10. The van der Waals surface area contributed by atoms with Crippen LogP contribution in [0.25, 0.3) is 0 Å². The molecule has 2 rings (SSSR count). The van der Waals surface area contributed by atoms with E-state index < -0.39 is 0 Å². The van der Waals surface area contributed by atoms with Crippen LogP contribution in [0.4, 0.5) is 0 Å². The minimum absolute atomic E-state index is 0.727. The quantitative estimate of drug-likeness (QED) is 0.678. The second-order valence-electron chi connectivity index (χ2n) is 6.67. The van der Waals surface area contributed by atoms with Crippen LogP contribution < -0.4 is 20.1 Å². The maximum absolute atomic E-state index is 5.43. The van der Waals surface area contributed by atoms with Gasteiger partial charge in [-0.3, -0.25) is 0 Å². The van der Waals surface area contributed by atoms with E-state index in [1.165, 1.54) is 50.5 Å². The molecule has 1 saturated carbocycles. The van der Waals surface area contributed by atoms with Crippen molar-refractivity contribution in [1.29, 1.82) is 0 Å². The van der Waals surface area contributed by atoms with Gasteiger partial charge in [-0.05, 0) is 49.6 Å². The van der Waals surface area contributed by atoms with E-state index in [2.05, 4.69) is 16.7 Å². The third kappa shape index (κ3) is 6.70. The Labute approximate surface area is 147 Å². The first-order valence-corrected chi connectivity index (χ1v) is 9.48. The lowest BCUT2D eigenvalue weighted by molar-refractivity contribution is 0.388. The maximum Gasteiger partial charge on any atom is 0.122 e. The number of rotatable bonds is 9. The van der Waals surface area contributed by atoms with Gasteiger partial charge in [0, 0.05) is 19.1 Å². The van der Waals surface area contributed by atoms with Crippen molar-refractivity contribution in [3.8, 4) is 11.5 Å². The Balaban J connectivity index is 1.62. The Morgan fingerprint density at radius 1 is 0.917 bits per heavy atom. The molecule has 136 valence electrons. The van der Waals surface area contributed by atoms with Crippen LogP contribution in [0.2, 0.25) is 0 Å². The second-order valence-corrected chi connectivity index (χ2v) is 6.67. The molecule has 0 unspecified atom stereocenters. The number of hydrogen-bond acceptors (Lipinski definition) is 4. The third-order valence-electron chi connectivity index (χ3n) is 4.90. The highest BCUT2D eigenvalue weighted by atomic mass is 16.5. The normalized spacial score (nSPS) is 16.4. The van der Waals surface area contributed by atoms with Gasteiger partial charge in [0.2, 0.25) is 0 Å². The summed E-state index contributed by atoms with van der Waals surface area (Å²) >= 11 is 0. The highest BCUT2D eigenvalue weighted by molar-refractivity contribution is 5.40. The zero-order valence-electron chi connectivity index (χ0n) is 15.4. The van der Waals surface area contributed by atoms with E-state index in [1.807, 2.05) is 12.1 Å². The van der Waals surface area contributed by atoms with Gasteiger partial charge >= 0.3 is 0 Å². The first-order chi connectivity index (χ1) is 11.8. The van der Waals surface area contributed by atoms with E-state index in [-0.39, 0.29) is 0 Å². The zero-order valence-corrected chi connectivity index (χ0v) is 15.4. The molecule has 2 N–H and O–H groups in total. The summed E-state index contributed by atoms with van der Waals surface area (Å²) in [6.45, 7) is 3.03. The minimum Gasteiger partial charge on any atom is -0.497 e. The molecule has 24 heavy (non-hydrogen) atoms. The van der Waals surface area contributed by atoms with Crippen molar-refractivity contribution < 1.29 is 9.47 Å². The largest absolute Gasteiger partial charge is 0.497 e. The summed E-state index contributed by atoms with van der Waals surface area (Å²) in [5.74, 6) is 1.82. The molecule has 1 aromatic carbocycles. The lowest BCUT2D eigenvalue weighted by Crippen LogP contribution is -2.36. The molecule has 0 spiro atoms. The average Bonchev–Trinajstić information content (AvgIpc) is 2.59. The van der Waals surface area contributed by atoms with E-state index in [1.54, 1.807) is 14.2 Å². The van der Waals surface area contributed by atoms with Gasteiger partial charge in [0.15, 0.2) is 0 Å². The topological polar surface area (TPSA) is 42.5 Å². The molecule has 0 radical (unpaired) electrons. The van der Waals surface area contributed by atoms with Gasteiger partial charge < -0.3 is 20.1 Å². The fraction of sp³-hybridized carbons (Fsp3) is 0.700. The van der Waals surface area contributed by atoms with Crippen LogP contribution in [-0.2, 0) is 6.42 Å². The van der Waals surface area contributed by atoms with Crippen molar-refractivity contribution >= 4 is 0 Å². The van der Waals surface area contributed by atoms with Crippen LogP contribution in [0, 0.1) is 0 Å². The van der Waals surface area contributed by atoms with Gasteiger partial charge in [0.1, 0.15) is 11.5 Å². The molecule has 0 aliphatic heterocycles. The summed E-state index contributed by atoms with van der Waals surface area (Å²) in [6, 6.07) is 6.71. The van der Waals surface area contributed by atoms with E-state index in [0.717, 1.165) is 43.6 Å². The van der Waals surface area contributed by atoms with Crippen molar-refractivity contribution in [2.45, 2.75) is 57.4 Å². The summed E-state index contributed by atoms with van der Waals surface area (Å²) < 4.78 is 10.7. The lowest BCUT2D eigenvalue weighted by atomic mass is 9.97. The summed E-state index contributed by atoms with van der Waals surface area (Å²) in [5.41, 5.74) is 1.19. The Hall–Kier alpha value is -1.26. The smallest absolute Gasteiger partial charge is 0.122 e. The van der Waals surface area contributed by atoms with E-state index in [9.17, 15) is 0 Å². The Morgan fingerprint density at radius 2 is 1.67 bits per heavy atom. The maximum atomic E-state index is 5.43. The first-order valence-electron chi connectivity index (χ1n) is 9.48. The summed E-state index contributed by atoms with van der Waals surface area (Å²) in [7, 11) is 3.42. The molecule has 0 amide bonds. The molecule has 0 atom stereocenters. The number of methoxy groups -OCH3 is 2. The van der Waals surface area contributed by atoms with Crippen molar-refractivity contribution in [2.24, 2.45) is 0 Å². The van der Waals surface area contributed by atoms with Gasteiger partial charge in [-0.1, -0.05) is 32.1 Å². The van der Waals surface area contributed by atoms with Gasteiger partial charge in [-0.2, -0.15) is 0 Å². The number of hydrogen-bond donors (Lipinski definition) is 2. The fourth-order valence-electron chi connectivity index (χ4n) is 3.45. The molecule has 0 heterocycles. The number of nitrogens with one attached hydrogen (secondary N) is 2. The van der Waals surface area contributed by atoms with Gasteiger partial charge in [0.05, 0.1) is 14.2 Å². The van der Waals surface area contributed by atoms with Crippen LogP contribution in [0.5, 0.6) is 11.5 Å². The van der Waals surface area contributed by atoms with E-state index in [4.69, 9.17) is 9.47 Å². The molecule has 1 fully saturated rings. The third-order valence-corrected chi connectivity index (χ3v) is 4.90. The molecule has 1 aliphatic rings. The molecule has 0 bridgehead atoms. The zero-order chi connectivity index (χ0) is 17.0. The fourth-order valence-corrected chi connectivity index (χ4v) is 3.45. The minimum atomic E-state index is 0.727. The molecule has 4 nitrogen and oxygen atoms in total. The Bertz CT molecular complexity index is 457. The summed E-state index contributed by atoms with van der Waals surface area (Å²) in [4.78, 5) is 0. The summed E-state index contributed by atoms with van der Waals surface area (Å²) in [6.07, 6.45) is 10.7. The molecular formula is C20H34N2O2. The highest BCUT2D eigenvalue weighted by Crippen LogP contribution is 2.24. The van der Waals surface area contributed by atoms with Crippen molar-refractivity contribution in [3.63, 3.8) is 0 Å². The average molecular weight is 335 g/mol. The van der Waals surface area contributed by atoms with Crippen LogP contribution in [0.1, 0.15) is 50.5 Å². The van der Waals surface area contributed by atoms with Crippen molar-refractivity contribution in [1.82, 2.24) is 10.6 Å². The summed E-state index contributed by atoms with van der Waals surface area (Å²) in [5, 5.41) is 7.25. The number of benzene rings is 1. The molecular weight excluding hydrogens is 300 g/mol. The van der Waals surface area contributed by atoms with Crippen LogP contribution >= 0.6 is 0 Å². The lowest BCUT2D eigenvalue weighted by Gasteiger charge is -2.21. The molecule has 1 aromatic rings. The first kappa shape index (κ1) is 19.1. The van der Waals surface area contributed by atoms with Crippen LogP contribution in [-0.4, -0.2) is 39.9 Å². The SMILES string of the molecule is COc1ccc(OC)c(CCNCCNC2CCCCCCC2)c1. The van der Waals surface area contributed by atoms with Gasteiger partial charge in [0.25, 0.3) is 0 Å². The Morgan fingerprint density at radius 3 is 2.38 bits per heavy atom. The monoisotopic (exact) mass is 334 g/mol. The second kappa shape index (κ2) is 11.3. The van der Waals surface area contributed by atoms with Crippen molar-refractivity contribution in [3.05, 3.63) is 23.8 Å². The molecule has 4 heteroatoms. The van der Waals surface area contributed by atoms with Gasteiger partial charge in [-0.25, -0.2) is 0 Å². The molecule has 0 saturated heterocycles. The van der Waals surface area contributed by atoms with Crippen LogP contribution in [0.3, 0.4) is 0 Å². The van der Waals surface area contributed by atoms with E-state index in [0.29, 0.717) is 0 Å². The predicted molar refractivity (Wildman–Crippen MR) is 100 cm³/mol.